The lowest BCUT2D eigenvalue weighted by atomic mass is 10.0. The van der Waals surface area contributed by atoms with E-state index < -0.39 is 22.8 Å². The number of nitrogens with one attached hydrogen (secondary N) is 1. The van der Waals surface area contributed by atoms with Crippen molar-refractivity contribution in [3.05, 3.63) is 64.1 Å². The molecule has 0 amide bonds. The molecule has 1 heterocycles. The van der Waals surface area contributed by atoms with Gasteiger partial charge in [0.05, 0.1) is 23.7 Å². The normalized spacial score (nSPS) is 10.7. The van der Waals surface area contributed by atoms with E-state index in [4.69, 9.17) is 4.74 Å². The molecule has 0 saturated heterocycles. The first-order chi connectivity index (χ1) is 11.0. The van der Waals surface area contributed by atoms with E-state index >= 15 is 0 Å². The molecule has 3 aromatic rings. The molecule has 2 aromatic carbocycles. The van der Waals surface area contributed by atoms with E-state index in [1.807, 2.05) is 0 Å². The number of methoxy groups -OCH3 is 1. The number of aromatic amines is 1. The van der Waals surface area contributed by atoms with Gasteiger partial charge >= 0.3 is 5.97 Å². The molecule has 0 saturated carbocycles. The van der Waals surface area contributed by atoms with Crippen LogP contribution in [0.1, 0.15) is 10.4 Å². The Kier molecular flexibility index (Phi) is 3.57. The summed E-state index contributed by atoms with van der Waals surface area (Å²) in [6, 6.07) is 10.1. The molecule has 23 heavy (non-hydrogen) atoms. The average molecular weight is 313 g/mol. The highest BCUT2D eigenvalue weighted by molar-refractivity contribution is 5.99. The van der Waals surface area contributed by atoms with Gasteiger partial charge in [-0.15, -0.1) is 0 Å². The Morgan fingerprint density at radius 3 is 2.65 bits per heavy atom. The minimum Gasteiger partial charge on any atom is -0.497 e. The van der Waals surface area contributed by atoms with Crippen LogP contribution in [0.2, 0.25) is 0 Å². The first-order valence-corrected chi connectivity index (χ1v) is 6.74. The van der Waals surface area contributed by atoms with E-state index in [9.17, 15) is 19.1 Å². The number of aromatic nitrogens is 1. The standard InChI is InChI=1S/C17H12FNO4/c1-23-11-5-6-13-12(8-11)16(20)14(17(21)22)15(19-13)9-3-2-4-10(18)7-9/h2-8H,1H3,(H,19,20)(H,21,22). The second-order valence-electron chi connectivity index (χ2n) is 4.93. The van der Waals surface area contributed by atoms with Crippen LogP contribution in [0.3, 0.4) is 0 Å². The molecule has 0 fully saturated rings. The van der Waals surface area contributed by atoms with E-state index in [1.165, 1.54) is 37.4 Å². The van der Waals surface area contributed by atoms with Crippen LogP contribution in [0.5, 0.6) is 5.75 Å². The third-order valence-corrected chi connectivity index (χ3v) is 3.54. The molecule has 0 aliphatic carbocycles. The highest BCUT2D eigenvalue weighted by atomic mass is 19.1. The van der Waals surface area contributed by atoms with E-state index in [1.54, 1.807) is 12.1 Å². The van der Waals surface area contributed by atoms with Crippen LogP contribution in [0.4, 0.5) is 4.39 Å². The SMILES string of the molecule is COc1ccc2[nH]c(-c3cccc(F)c3)c(C(=O)O)c(=O)c2c1. The van der Waals surface area contributed by atoms with Crippen molar-refractivity contribution in [2.24, 2.45) is 0 Å². The number of pyridine rings is 1. The van der Waals surface area contributed by atoms with Gasteiger partial charge in [-0.3, -0.25) is 4.79 Å². The molecule has 6 heteroatoms. The molecular formula is C17H12FNO4. The van der Waals surface area contributed by atoms with E-state index in [2.05, 4.69) is 4.98 Å². The summed E-state index contributed by atoms with van der Waals surface area (Å²) in [6.45, 7) is 0. The van der Waals surface area contributed by atoms with Crippen LogP contribution < -0.4 is 10.2 Å². The number of fused-ring (bicyclic) bond motifs is 1. The lowest BCUT2D eigenvalue weighted by Crippen LogP contribution is -2.18. The molecule has 1 aromatic heterocycles. The summed E-state index contributed by atoms with van der Waals surface area (Å²) in [4.78, 5) is 27.0. The Balaban J connectivity index is 2.40. The molecule has 0 spiro atoms. The van der Waals surface area contributed by atoms with Gasteiger partial charge in [0.1, 0.15) is 17.1 Å². The molecule has 0 aliphatic heterocycles. The number of H-pyrrole nitrogens is 1. The summed E-state index contributed by atoms with van der Waals surface area (Å²) < 4.78 is 18.5. The zero-order valence-corrected chi connectivity index (χ0v) is 12.1. The second-order valence-corrected chi connectivity index (χ2v) is 4.93. The highest BCUT2D eigenvalue weighted by Crippen LogP contribution is 2.25. The zero-order valence-electron chi connectivity index (χ0n) is 12.1. The molecule has 5 nitrogen and oxygen atoms in total. The largest absolute Gasteiger partial charge is 0.497 e. The number of benzene rings is 2. The molecule has 116 valence electrons. The predicted molar refractivity (Wildman–Crippen MR) is 83.5 cm³/mol. The van der Waals surface area contributed by atoms with Crippen LogP contribution in [0, 0.1) is 5.82 Å². The topological polar surface area (TPSA) is 79.4 Å². The smallest absolute Gasteiger partial charge is 0.341 e. The summed E-state index contributed by atoms with van der Waals surface area (Å²) in [6.07, 6.45) is 0. The molecule has 0 bridgehead atoms. The monoisotopic (exact) mass is 313 g/mol. The fourth-order valence-electron chi connectivity index (χ4n) is 2.46. The van der Waals surface area contributed by atoms with Gasteiger partial charge in [-0.25, -0.2) is 9.18 Å². The number of halogens is 1. The van der Waals surface area contributed by atoms with Gasteiger partial charge in [0.2, 0.25) is 5.43 Å². The molecule has 2 N–H and O–H groups in total. The Hall–Kier alpha value is -3.15. The summed E-state index contributed by atoms with van der Waals surface area (Å²) >= 11 is 0. The maximum atomic E-state index is 13.4. The zero-order chi connectivity index (χ0) is 16.6. The number of carboxylic acid groups (broad SMARTS) is 1. The Bertz CT molecular complexity index is 978. The first kappa shape index (κ1) is 14.8. The third kappa shape index (κ3) is 2.55. The predicted octanol–water partition coefficient (Wildman–Crippen LogP) is 3.04. The molecule has 3 rings (SSSR count). The number of hydrogen-bond donors (Lipinski definition) is 2. The Morgan fingerprint density at radius 2 is 2.00 bits per heavy atom. The van der Waals surface area contributed by atoms with E-state index in [-0.39, 0.29) is 16.6 Å². The number of aromatic carboxylic acids is 1. The van der Waals surface area contributed by atoms with Crippen LogP contribution >= 0.6 is 0 Å². The van der Waals surface area contributed by atoms with Crippen molar-refractivity contribution in [1.29, 1.82) is 0 Å². The lowest BCUT2D eigenvalue weighted by molar-refractivity contribution is 0.0696. The maximum Gasteiger partial charge on any atom is 0.341 e. The minimum absolute atomic E-state index is 0.0691. The fourth-order valence-corrected chi connectivity index (χ4v) is 2.46. The van der Waals surface area contributed by atoms with E-state index in [0.717, 1.165) is 0 Å². The number of carbonyl (C=O) groups is 1. The summed E-state index contributed by atoms with van der Waals surface area (Å²) in [5.41, 5.74) is -0.280. The van der Waals surface area contributed by atoms with Crippen molar-refractivity contribution in [3.8, 4) is 17.0 Å². The second kappa shape index (κ2) is 5.57. The van der Waals surface area contributed by atoms with Gasteiger partial charge in [0.25, 0.3) is 0 Å². The van der Waals surface area contributed by atoms with Crippen molar-refractivity contribution in [3.63, 3.8) is 0 Å². The summed E-state index contributed by atoms with van der Waals surface area (Å²) in [7, 11) is 1.45. The number of carboxylic acids is 1. The highest BCUT2D eigenvalue weighted by Gasteiger charge is 2.20. The first-order valence-electron chi connectivity index (χ1n) is 6.74. The van der Waals surface area contributed by atoms with Crippen molar-refractivity contribution < 1.29 is 19.0 Å². The van der Waals surface area contributed by atoms with Crippen LogP contribution in [0.15, 0.2) is 47.3 Å². The lowest BCUT2D eigenvalue weighted by Gasteiger charge is -2.10. The molecular weight excluding hydrogens is 301 g/mol. The van der Waals surface area contributed by atoms with Gasteiger partial charge in [-0.05, 0) is 30.3 Å². The van der Waals surface area contributed by atoms with Crippen LogP contribution in [0.25, 0.3) is 22.2 Å². The van der Waals surface area contributed by atoms with Gasteiger partial charge in [-0.2, -0.15) is 0 Å². The minimum atomic E-state index is -1.38. The quantitative estimate of drug-likeness (QED) is 0.779. The Morgan fingerprint density at radius 1 is 1.22 bits per heavy atom. The number of rotatable bonds is 3. The maximum absolute atomic E-state index is 13.4. The molecule has 0 aliphatic rings. The van der Waals surface area contributed by atoms with E-state index in [0.29, 0.717) is 11.3 Å². The Labute approximate surface area is 130 Å². The van der Waals surface area contributed by atoms with Gasteiger partial charge in [-0.1, -0.05) is 12.1 Å². The van der Waals surface area contributed by atoms with Crippen molar-refractivity contribution in [2.45, 2.75) is 0 Å². The van der Waals surface area contributed by atoms with Crippen LogP contribution in [-0.2, 0) is 0 Å². The van der Waals surface area contributed by atoms with Crippen molar-refractivity contribution in [2.75, 3.05) is 7.11 Å². The third-order valence-electron chi connectivity index (χ3n) is 3.54. The fraction of sp³-hybridized carbons (Fsp3) is 0.0588. The summed E-state index contributed by atoms with van der Waals surface area (Å²) in [5, 5.41) is 9.61. The average Bonchev–Trinajstić information content (AvgIpc) is 2.54. The number of hydrogen-bond acceptors (Lipinski definition) is 3. The van der Waals surface area contributed by atoms with Gasteiger partial charge in [0.15, 0.2) is 0 Å². The molecule has 0 unspecified atom stereocenters. The number of ether oxygens (including phenoxy) is 1. The van der Waals surface area contributed by atoms with Crippen molar-refractivity contribution in [1.82, 2.24) is 4.98 Å². The van der Waals surface area contributed by atoms with Crippen molar-refractivity contribution >= 4 is 16.9 Å². The van der Waals surface area contributed by atoms with Gasteiger partial charge in [0, 0.05) is 5.56 Å². The molecule has 0 atom stereocenters. The summed E-state index contributed by atoms with van der Waals surface area (Å²) in [5.74, 6) is -1.46. The van der Waals surface area contributed by atoms with Crippen LogP contribution in [-0.4, -0.2) is 23.2 Å². The van der Waals surface area contributed by atoms with Gasteiger partial charge < -0.3 is 14.8 Å². The molecule has 0 radical (unpaired) electrons.